The number of hydrogen-bond donors (Lipinski definition) is 2. The molecule has 1 aliphatic rings. The van der Waals surface area contributed by atoms with Gasteiger partial charge in [0.25, 0.3) is 5.56 Å². The van der Waals surface area contributed by atoms with Crippen LogP contribution >= 0.6 is 12.2 Å². The van der Waals surface area contributed by atoms with Crippen LogP contribution in [-0.2, 0) is 13.1 Å². The molecule has 0 bridgehead atoms. The number of fused-ring (bicyclic) bond motifs is 2. The summed E-state index contributed by atoms with van der Waals surface area (Å²) in [5.74, 6) is 2.19. The highest BCUT2D eigenvalue weighted by atomic mass is 32.1. The van der Waals surface area contributed by atoms with Gasteiger partial charge in [0.2, 0.25) is 6.79 Å². The molecule has 0 amide bonds. The van der Waals surface area contributed by atoms with Crippen molar-refractivity contribution in [1.82, 2.24) is 9.88 Å². The van der Waals surface area contributed by atoms with Crippen LogP contribution in [-0.4, -0.2) is 28.9 Å². The number of aryl methyl sites for hydroxylation is 2. The number of aromatic amines is 1. The van der Waals surface area contributed by atoms with Crippen molar-refractivity contribution >= 4 is 33.9 Å². The second-order valence-electron chi connectivity index (χ2n) is 8.87. The summed E-state index contributed by atoms with van der Waals surface area (Å²) in [7, 11) is 1.63. The molecule has 8 heteroatoms. The van der Waals surface area contributed by atoms with E-state index in [-0.39, 0.29) is 12.4 Å². The number of H-pyrrole nitrogens is 1. The molecule has 7 nitrogen and oxygen atoms in total. The average molecular weight is 502 g/mol. The number of hydrogen-bond acceptors (Lipinski definition) is 5. The van der Waals surface area contributed by atoms with Crippen LogP contribution < -0.4 is 25.1 Å². The summed E-state index contributed by atoms with van der Waals surface area (Å²) in [5.41, 5.74) is 5.37. The number of ether oxygens (including phenoxy) is 3. The smallest absolute Gasteiger partial charge is 0.253 e. The van der Waals surface area contributed by atoms with Gasteiger partial charge in [0.1, 0.15) is 5.75 Å². The van der Waals surface area contributed by atoms with E-state index in [1.54, 1.807) is 7.11 Å². The number of pyridine rings is 1. The van der Waals surface area contributed by atoms with Gasteiger partial charge in [-0.2, -0.15) is 0 Å². The molecule has 0 radical (unpaired) electrons. The van der Waals surface area contributed by atoms with E-state index in [0.717, 1.165) is 44.8 Å². The summed E-state index contributed by atoms with van der Waals surface area (Å²) in [6, 6.07) is 19.5. The maximum atomic E-state index is 13.1. The lowest BCUT2D eigenvalue weighted by Gasteiger charge is -2.26. The number of nitrogens with one attached hydrogen (secondary N) is 2. The van der Waals surface area contributed by atoms with Crippen LogP contribution in [0.4, 0.5) is 5.69 Å². The van der Waals surface area contributed by atoms with Crippen LogP contribution in [0.2, 0.25) is 0 Å². The van der Waals surface area contributed by atoms with Crippen molar-refractivity contribution < 1.29 is 14.2 Å². The van der Waals surface area contributed by atoms with E-state index in [4.69, 9.17) is 26.4 Å². The van der Waals surface area contributed by atoms with Gasteiger partial charge in [0, 0.05) is 17.8 Å². The molecule has 3 aromatic carbocycles. The van der Waals surface area contributed by atoms with E-state index in [0.29, 0.717) is 29.5 Å². The van der Waals surface area contributed by atoms with E-state index >= 15 is 0 Å². The third-order valence-electron chi connectivity index (χ3n) is 6.17. The van der Waals surface area contributed by atoms with Gasteiger partial charge >= 0.3 is 0 Å². The lowest BCUT2D eigenvalue weighted by Crippen LogP contribution is -2.35. The summed E-state index contributed by atoms with van der Waals surface area (Å²) in [6.45, 7) is 5.07. The Morgan fingerprint density at radius 3 is 2.58 bits per heavy atom. The van der Waals surface area contributed by atoms with Crippen molar-refractivity contribution in [2.45, 2.75) is 26.9 Å². The second kappa shape index (κ2) is 9.91. The molecule has 0 saturated carbocycles. The van der Waals surface area contributed by atoms with Crippen LogP contribution in [0.15, 0.2) is 65.5 Å². The van der Waals surface area contributed by atoms with Crippen molar-refractivity contribution in [3.8, 4) is 17.2 Å². The Hall–Kier alpha value is -4.04. The molecule has 36 heavy (non-hydrogen) atoms. The number of rotatable bonds is 6. The zero-order chi connectivity index (χ0) is 25.2. The maximum Gasteiger partial charge on any atom is 0.253 e. The first kappa shape index (κ1) is 23.7. The Morgan fingerprint density at radius 1 is 1.03 bits per heavy atom. The summed E-state index contributed by atoms with van der Waals surface area (Å²) in [5, 5.41) is 4.79. The van der Waals surface area contributed by atoms with Gasteiger partial charge in [-0.15, -0.1) is 0 Å². The highest BCUT2D eigenvalue weighted by molar-refractivity contribution is 7.80. The molecule has 5 rings (SSSR count). The number of aromatic nitrogens is 1. The van der Waals surface area contributed by atoms with Crippen LogP contribution in [0, 0.1) is 13.8 Å². The highest BCUT2D eigenvalue weighted by Gasteiger charge is 2.18. The first-order valence-corrected chi connectivity index (χ1v) is 12.0. The fourth-order valence-electron chi connectivity index (χ4n) is 4.39. The molecule has 0 aliphatic carbocycles. The summed E-state index contributed by atoms with van der Waals surface area (Å²) in [6.07, 6.45) is 0. The Balaban J connectivity index is 1.46. The standard InChI is InChI=1S/C28H27N3O4S/c1-17-10-18(2)26-20(11-17)13-21(27(32)30-26)15-31(14-19-4-9-24-25(12-19)35-16-34-24)28(36)29-22-5-7-23(33-3)8-6-22/h4-13H,14-16H2,1-3H3,(H,29,36)(H,30,32). The minimum absolute atomic E-state index is 0.127. The second-order valence-corrected chi connectivity index (χ2v) is 9.26. The minimum atomic E-state index is -0.127. The topological polar surface area (TPSA) is 75.8 Å². The fourth-order valence-corrected chi connectivity index (χ4v) is 4.64. The number of nitrogens with zero attached hydrogens (tertiary/aromatic N) is 1. The molecule has 2 N–H and O–H groups in total. The van der Waals surface area contributed by atoms with E-state index in [2.05, 4.69) is 29.4 Å². The van der Waals surface area contributed by atoms with Crippen molar-refractivity contribution in [1.29, 1.82) is 0 Å². The fraction of sp³-hybridized carbons (Fsp3) is 0.214. The van der Waals surface area contributed by atoms with Gasteiger partial charge in [0.05, 0.1) is 19.2 Å². The maximum absolute atomic E-state index is 13.1. The van der Waals surface area contributed by atoms with Crippen LogP contribution in [0.25, 0.3) is 10.9 Å². The highest BCUT2D eigenvalue weighted by Crippen LogP contribution is 2.33. The normalized spacial score (nSPS) is 12.0. The molecule has 0 saturated heterocycles. The quantitative estimate of drug-likeness (QED) is 0.348. The number of methoxy groups -OCH3 is 1. The molecule has 0 unspecified atom stereocenters. The molecular formula is C28H27N3O4S. The summed E-state index contributed by atoms with van der Waals surface area (Å²) in [4.78, 5) is 18.1. The molecule has 2 heterocycles. The van der Waals surface area contributed by atoms with Gasteiger partial charge in [0.15, 0.2) is 16.6 Å². The molecule has 0 spiro atoms. The predicted octanol–water partition coefficient (Wildman–Crippen LogP) is 5.28. The molecule has 184 valence electrons. The molecular weight excluding hydrogens is 474 g/mol. The molecule has 0 fully saturated rings. The lowest BCUT2D eigenvalue weighted by molar-refractivity contribution is 0.174. The van der Waals surface area contributed by atoms with E-state index in [9.17, 15) is 4.79 Å². The number of benzene rings is 3. The van der Waals surface area contributed by atoms with Gasteiger partial charge in [-0.1, -0.05) is 17.7 Å². The number of thiocarbonyl (C=S) groups is 1. The average Bonchev–Trinajstić information content (AvgIpc) is 3.33. The van der Waals surface area contributed by atoms with Gasteiger partial charge in [-0.3, -0.25) is 4.79 Å². The monoisotopic (exact) mass is 501 g/mol. The van der Waals surface area contributed by atoms with Crippen LogP contribution in [0.3, 0.4) is 0 Å². The zero-order valence-corrected chi connectivity index (χ0v) is 21.2. The van der Waals surface area contributed by atoms with Crippen molar-refractivity contribution in [3.63, 3.8) is 0 Å². The Bertz CT molecular complexity index is 1500. The minimum Gasteiger partial charge on any atom is -0.497 e. The Kier molecular flexibility index (Phi) is 6.52. The van der Waals surface area contributed by atoms with Crippen LogP contribution in [0.5, 0.6) is 17.2 Å². The SMILES string of the molecule is COc1ccc(NC(=S)N(Cc2ccc3c(c2)OCO3)Cc2cc3cc(C)cc(C)c3[nH]c2=O)cc1. The first-order valence-electron chi connectivity index (χ1n) is 11.6. The van der Waals surface area contributed by atoms with Crippen LogP contribution in [0.1, 0.15) is 22.3 Å². The summed E-state index contributed by atoms with van der Waals surface area (Å²) < 4.78 is 16.2. The van der Waals surface area contributed by atoms with Gasteiger partial charge in [-0.05, 0) is 91.1 Å². The largest absolute Gasteiger partial charge is 0.497 e. The Labute approximate surface area is 214 Å². The summed E-state index contributed by atoms with van der Waals surface area (Å²) >= 11 is 5.81. The van der Waals surface area contributed by atoms with Gasteiger partial charge < -0.3 is 29.4 Å². The molecule has 1 aliphatic heterocycles. The molecule has 1 aromatic heterocycles. The van der Waals surface area contributed by atoms with Crippen molar-refractivity contribution in [2.24, 2.45) is 0 Å². The predicted molar refractivity (Wildman–Crippen MR) is 145 cm³/mol. The van der Waals surface area contributed by atoms with E-state index < -0.39 is 0 Å². The van der Waals surface area contributed by atoms with E-state index in [1.165, 1.54) is 0 Å². The third-order valence-corrected chi connectivity index (χ3v) is 6.53. The number of anilines is 1. The Morgan fingerprint density at radius 2 is 1.81 bits per heavy atom. The van der Waals surface area contributed by atoms with Gasteiger partial charge in [-0.25, -0.2) is 0 Å². The molecule has 0 atom stereocenters. The zero-order valence-electron chi connectivity index (χ0n) is 20.4. The van der Waals surface area contributed by atoms with Crippen molar-refractivity contribution in [3.05, 3.63) is 93.3 Å². The van der Waals surface area contributed by atoms with Crippen molar-refractivity contribution in [2.75, 3.05) is 19.2 Å². The molecule has 4 aromatic rings. The third kappa shape index (κ3) is 4.99. The first-order chi connectivity index (χ1) is 17.4. The lowest BCUT2D eigenvalue weighted by atomic mass is 10.0. The van der Waals surface area contributed by atoms with E-state index in [1.807, 2.05) is 60.4 Å².